The summed E-state index contributed by atoms with van der Waals surface area (Å²) in [7, 11) is 1.75. The van der Waals surface area contributed by atoms with Crippen LogP contribution < -0.4 is 9.30 Å². The zero-order valence-electron chi connectivity index (χ0n) is 17.9. The van der Waals surface area contributed by atoms with Crippen LogP contribution in [0.2, 0.25) is 0 Å². The molecule has 6 aromatic rings. The zero-order chi connectivity index (χ0) is 21.5. The smallest absolute Gasteiger partial charge is 0.249 e. The van der Waals surface area contributed by atoms with E-state index in [1.165, 1.54) is 27.1 Å². The van der Waals surface area contributed by atoms with Crippen LogP contribution >= 0.6 is 0 Å². The van der Waals surface area contributed by atoms with Crippen molar-refractivity contribution in [1.29, 1.82) is 0 Å². The maximum Gasteiger partial charge on any atom is 0.249 e. The number of ether oxygens (including phenoxy) is 1. The minimum absolute atomic E-state index is 0.824. The molecule has 0 fully saturated rings. The normalized spacial score (nSPS) is 11.4. The molecule has 0 saturated heterocycles. The first-order chi connectivity index (χ1) is 15.8. The average Bonchev–Trinajstić information content (AvgIpc) is 3.24. The summed E-state index contributed by atoms with van der Waals surface area (Å²) >= 11 is 0. The van der Waals surface area contributed by atoms with Crippen LogP contribution in [0.25, 0.3) is 38.3 Å². The van der Waals surface area contributed by atoms with Crippen molar-refractivity contribution in [3.8, 4) is 17.0 Å². The first-order valence-corrected chi connectivity index (χ1v) is 10.8. The highest BCUT2D eigenvalue weighted by Gasteiger charge is 2.22. The highest BCUT2D eigenvalue weighted by atomic mass is 16.5. The number of rotatable bonds is 4. The quantitative estimate of drug-likeness (QED) is 0.311. The fourth-order valence-electron chi connectivity index (χ4n) is 4.70. The van der Waals surface area contributed by atoms with Gasteiger partial charge in [-0.2, -0.15) is 4.40 Å². The van der Waals surface area contributed by atoms with Crippen molar-refractivity contribution in [2.75, 3.05) is 7.11 Å². The van der Waals surface area contributed by atoms with E-state index in [1.54, 1.807) is 7.11 Å². The Hall–Kier alpha value is -4.11. The van der Waals surface area contributed by atoms with Crippen molar-refractivity contribution < 1.29 is 9.30 Å². The number of methoxy groups -OCH3 is 1. The Morgan fingerprint density at radius 3 is 2.28 bits per heavy atom. The molecule has 6 rings (SSSR count). The van der Waals surface area contributed by atoms with E-state index in [9.17, 15) is 0 Å². The van der Waals surface area contributed by atoms with Gasteiger partial charge in [-0.25, -0.2) is 4.57 Å². The number of aromatic nitrogens is 2. The summed E-state index contributed by atoms with van der Waals surface area (Å²) in [5.41, 5.74) is 4.71. The van der Waals surface area contributed by atoms with Crippen LogP contribution in [0.1, 0.15) is 5.56 Å². The van der Waals surface area contributed by atoms with Gasteiger partial charge in [0.2, 0.25) is 6.33 Å². The lowest BCUT2D eigenvalue weighted by Gasteiger charge is -2.13. The van der Waals surface area contributed by atoms with Gasteiger partial charge in [-0.05, 0) is 33.9 Å². The van der Waals surface area contributed by atoms with Crippen molar-refractivity contribution in [2.24, 2.45) is 0 Å². The molecule has 0 spiro atoms. The van der Waals surface area contributed by atoms with Crippen molar-refractivity contribution in [3.63, 3.8) is 0 Å². The molecule has 3 heteroatoms. The molecule has 0 unspecified atom stereocenters. The SMILES string of the molecule is COc1ccc2ccccc2c1-c1c2ccccc2cc2c[n+](Cc3ccccc3)cn12. The van der Waals surface area contributed by atoms with Crippen LogP contribution in [-0.4, -0.2) is 11.5 Å². The summed E-state index contributed by atoms with van der Waals surface area (Å²) in [6.45, 7) is 0.824. The first kappa shape index (κ1) is 18.6. The predicted octanol–water partition coefficient (Wildman–Crippen LogP) is 6.26. The standard InChI is InChI=1S/C29H23N2O/c1-32-27-16-15-22-11-5-7-13-25(22)28(27)29-26-14-8-6-12-23(26)17-24-19-30(20-31(24)29)18-21-9-3-2-4-10-21/h2-17,19-20H,18H2,1H3/q+1. The summed E-state index contributed by atoms with van der Waals surface area (Å²) < 4.78 is 10.4. The van der Waals surface area contributed by atoms with E-state index in [2.05, 4.69) is 119 Å². The van der Waals surface area contributed by atoms with Gasteiger partial charge in [-0.3, -0.25) is 0 Å². The van der Waals surface area contributed by atoms with Crippen LogP contribution in [0.3, 0.4) is 0 Å². The molecule has 32 heavy (non-hydrogen) atoms. The van der Waals surface area contributed by atoms with Gasteiger partial charge in [0, 0.05) is 5.39 Å². The minimum Gasteiger partial charge on any atom is -0.496 e. The number of hydrogen-bond donors (Lipinski definition) is 0. The minimum atomic E-state index is 0.824. The van der Waals surface area contributed by atoms with Gasteiger partial charge in [0.15, 0.2) is 11.2 Å². The molecule has 0 amide bonds. The van der Waals surface area contributed by atoms with Gasteiger partial charge in [-0.1, -0.05) is 84.9 Å². The summed E-state index contributed by atoms with van der Waals surface area (Å²) in [4.78, 5) is 0. The topological polar surface area (TPSA) is 17.5 Å². The third-order valence-corrected chi connectivity index (χ3v) is 6.16. The van der Waals surface area contributed by atoms with E-state index in [0.29, 0.717) is 0 Å². The molecular formula is C29H23N2O+. The Labute approximate surface area is 186 Å². The molecule has 4 aromatic carbocycles. The van der Waals surface area contributed by atoms with Crippen LogP contribution in [0.5, 0.6) is 5.75 Å². The maximum atomic E-state index is 5.89. The Kier molecular flexibility index (Phi) is 4.39. The number of benzene rings is 4. The Balaban J connectivity index is 1.69. The predicted molar refractivity (Wildman–Crippen MR) is 130 cm³/mol. The summed E-state index contributed by atoms with van der Waals surface area (Å²) in [6, 6.07) is 34.2. The van der Waals surface area contributed by atoms with E-state index < -0.39 is 0 Å². The van der Waals surface area contributed by atoms with Gasteiger partial charge in [0.05, 0.1) is 12.7 Å². The molecule has 0 aliphatic rings. The van der Waals surface area contributed by atoms with Crippen molar-refractivity contribution in [1.82, 2.24) is 4.40 Å². The number of fused-ring (bicyclic) bond motifs is 3. The zero-order valence-corrected chi connectivity index (χ0v) is 17.9. The molecule has 0 saturated carbocycles. The first-order valence-electron chi connectivity index (χ1n) is 10.8. The molecule has 2 heterocycles. The molecule has 154 valence electrons. The van der Waals surface area contributed by atoms with Gasteiger partial charge in [0.25, 0.3) is 0 Å². The molecule has 2 aromatic heterocycles. The van der Waals surface area contributed by atoms with Gasteiger partial charge < -0.3 is 4.74 Å². The lowest BCUT2D eigenvalue weighted by Crippen LogP contribution is -2.31. The van der Waals surface area contributed by atoms with E-state index in [4.69, 9.17) is 4.74 Å². The van der Waals surface area contributed by atoms with E-state index in [0.717, 1.165) is 29.1 Å². The monoisotopic (exact) mass is 415 g/mol. The molecule has 0 radical (unpaired) electrons. The molecule has 3 nitrogen and oxygen atoms in total. The van der Waals surface area contributed by atoms with E-state index >= 15 is 0 Å². The third-order valence-electron chi connectivity index (χ3n) is 6.16. The van der Waals surface area contributed by atoms with E-state index in [-0.39, 0.29) is 0 Å². The van der Waals surface area contributed by atoms with Gasteiger partial charge >= 0.3 is 0 Å². The Morgan fingerprint density at radius 1 is 0.750 bits per heavy atom. The third kappa shape index (κ3) is 3.02. The van der Waals surface area contributed by atoms with Crippen molar-refractivity contribution in [2.45, 2.75) is 6.54 Å². The highest BCUT2D eigenvalue weighted by Crippen LogP contribution is 2.40. The second-order valence-electron chi connectivity index (χ2n) is 8.14. The molecule has 0 N–H and O–H groups in total. The molecule has 0 aliphatic carbocycles. The second-order valence-corrected chi connectivity index (χ2v) is 8.14. The van der Waals surface area contributed by atoms with Gasteiger partial charge in [-0.15, -0.1) is 0 Å². The van der Waals surface area contributed by atoms with Crippen molar-refractivity contribution >= 4 is 27.1 Å². The van der Waals surface area contributed by atoms with Crippen LogP contribution in [0.15, 0.2) is 110 Å². The molecule has 0 bridgehead atoms. The summed E-state index contributed by atoms with van der Waals surface area (Å²) in [5.74, 6) is 0.879. The number of nitrogens with zero attached hydrogens (tertiary/aromatic N) is 2. The number of pyridine rings is 1. The summed E-state index contributed by atoms with van der Waals surface area (Å²) in [6.07, 6.45) is 4.42. The van der Waals surface area contributed by atoms with Crippen LogP contribution in [0, 0.1) is 0 Å². The Bertz CT molecular complexity index is 1580. The summed E-state index contributed by atoms with van der Waals surface area (Å²) in [5, 5.41) is 4.81. The lowest BCUT2D eigenvalue weighted by molar-refractivity contribution is -0.686. The van der Waals surface area contributed by atoms with E-state index in [1.807, 2.05) is 0 Å². The lowest BCUT2D eigenvalue weighted by atomic mass is 9.96. The van der Waals surface area contributed by atoms with Crippen molar-refractivity contribution in [3.05, 3.63) is 115 Å². The average molecular weight is 416 g/mol. The second kappa shape index (κ2) is 7.54. The Morgan fingerprint density at radius 2 is 1.47 bits per heavy atom. The number of imidazole rings is 1. The maximum absolute atomic E-state index is 5.89. The fourth-order valence-corrected chi connectivity index (χ4v) is 4.70. The van der Waals surface area contributed by atoms with Crippen LogP contribution in [0.4, 0.5) is 0 Å². The van der Waals surface area contributed by atoms with Gasteiger partial charge in [0.1, 0.15) is 18.5 Å². The number of hydrogen-bond acceptors (Lipinski definition) is 1. The molecule has 0 aliphatic heterocycles. The highest BCUT2D eigenvalue weighted by molar-refractivity contribution is 6.07. The molecular weight excluding hydrogens is 392 g/mol. The molecule has 0 atom stereocenters. The fraction of sp³-hybridized carbons (Fsp3) is 0.0690. The van der Waals surface area contributed by atoms with Crippen LogP contribution in [-0.2, 0) is 6.54 Å². The largest absolute Gasteiger partial charge is 0.496 e.